The highest BCUT2D eigenvalue weighted by molar-refractivity contribution is 5.76. The Labute approximate surface area is 124 Å². The van der Waals surface area contributed by atoms with E-state index in [2.05, 4.69) is 0 Å². The van der Waals surface area contributed by atoms with Gasteiger partial charge in [-0.25, -0.2) is 9.18 Å². The summed E-state index contributed by atoms with van der Waals surface area (Å²) in [6.07, 6.45) is -1.48. The van der Waals surface area contributed by atoms with E-state index < -0.39 is 41.2 Å². The van der Waals surface area contributed by atoms with Gasteiger partial charge in [-0.15, -0.1) is 0 Å². The first-order chi connectivity index (χ1) is 9.45. The Balaban J connectivity index is 2.15. The lowest BCUT2D eigenvalue weighted by molar-refractivity contribution is -0.139. The average molecular weight is 301 g/mol. The quantitative estimate of drug-likeness (QED) is 0.851. The van der Waals surface area contributed by atoms with Crippen molar-refractivity contribution in [2.45, 2.75) is 58.9 Å². The van der Waals surface area contributed by atoms with Gasteiger partial charge in [0.2, 0.25) is 0 Å². The number of likely N-dealkylation sites (tertiary alicyclic amines) is 1. The van der Waals surface area contributed by atoms with Crippen molar-refractivity contribution in [1.82, 2.24) is 4.90 Å². The molecule has 0 spiro atoms. The average Bonchev–Trinajstić information content (AvgIpc) is 2.65. The van der Waals surface area contributed by atoms with E-state index in [0.717, 1.165) is 0 Å². The van der Waals surface area contributed by atoms with E-state index in [-0.39, 0.29) is 18.9 Å². The van der Waals surface area contributed by atoms with E-state index in [1.165, 1.54) is 4.90 Å². The number of ether oxygens (including phenoxy) is 1. The van der Waals surface area contributed by atoms with Gasteiger partial charge in [0.1, 0.15) is 11.8 Å². The molecule has 2 rings (SSSR count). The molecular weight excluding hydrogens is 277 g/mol. The van der Waals surface area contributed by atoms with Crippen LogP contribution < -0.4 is 0 Å². The van der Waals surface area contributed by atoms with Crippen LogP contribution in [0.3, 0.4) is 0 Å². The minimum atomic E-state index is -1.12. The molecule has 1 saturated carbocycles. The number of carbonyl (C=O) groups is 2. The Hall–Kier alpha value is -1.33. The van der Waals surface area contributed by atoms with Crippen LogP contribution in [0.2, 0.25) is 0 Å². The molecular formula is C15H24FNO4. The Morgan fingerprint density at radius 3 is 2.33 bits per heavy atom. The maximum Gasteiger partial charge on any atom is 0.410 e. The second-order valence-electron chi connectivity index (χ2n) is 7.70. The maximum atomic E-state index is 13.8. The van der Waals surface area contributed by atoms with E-state index in [9.17, 15) is 19.1 Å². The first-order valence-corrected chi connectivity index (χ1v) is 7.31. The molecule has 0 bridgehead atoms. The first kappa shape index (κ1) is 16.0. The number of halogens is 1. The zero-order valence-corrected chi connectivity index (χ0v) is 13.2. The van der Waals surface area contributed by atoms with Crippen LogP contribution >= 0.6 is 0 Å². The fourth-order valence-electron chi connectivity index (χ4n) is 3.55. The number of nitrogens with zero attached hydrogens (tertiary/aromatic N) is 1. The van der Waals surface area contributed by atoms with Crippen molar-refractivity contribution in [1.29, 1.82) is 0 Å². The second-order valence-corrected chi connectivity index (χ2v) is 7.70. The Morgan fingerprint density at radius 2 is 1.90 bits per heavy atom. The SMILES string of the molecule is CC(C)(C)OC(=O)N1C[C@H](F)CC1[C@@H]1[C@@H](C(=O)O)C1(C)C. The highest BCUT2D eigenvalue weighted by Crippen LogP contribution is 2.62. The molecule has 6 heteroatoms. The predicted molar refractivity (Wildman–Crippen MR) is 74.6 cm³/mol. The van der Waals surface area contributed by atoms with E-state index in [0.29, 0.717) is 0 Å². The normalized spacial score (nSPS) is 34.7. The lowest BCUT2D eigenvalue weighted by atomic mass is 10.0. The van der Waals surface area contributed by atoms with E-state index in [4.69, 9.17) is 4.74 Å². The summed E-state index contributed by atoms with van der Waals surface area (Å²) in [4.78, 5) is 24.9. The van der Waals surface area contributed by atoms with Crippen molar-refractivity contribution in [3.05, 3.63) is 0 Å². The van der Waals surface area contributed by atoms with Crippen LogP contribution in [-0.2, 0) is 9.53 Å². The summed E-state index contributed by atoms with van der Waals surface area (Å²) in [5.41, 5.74) is -1.07. The first-order valence-electron chi connectivity index (χ1n) is 7.31. The third-order valence-corrected chi connectivity index (χ3v) is 4.51. The summed E-state index contributed by atoms with van der Waals surface area (Å²) in [6, 6.07) is -0.397. The van der Waals surface area contributed by atoms with E-state index >= 15 is 0 Å². The van der Waals surface area contributed by atoms with Gasteiger partial charge in [0.15, 0.2) is 0 Å². The largest absolute Gasteiger partial charge is 0.481 e. The zero-order chi connectivity index (χ0) is 16.2. The third-order valence-electron chi connectivity index (χ3n) is 4.51. The lowest BCUT2D eigenvalue weighted by Gasteiger charge is -2.29. The second kappa shape index (κ2) is 4.85. The summed E-state index contributed by atoms with van der Waals surface area (Å²) in [6.45, 7) is 8.96. The van der Waals surface area contributed by atoms with Crippen molar-refractivity contribution in [2.24, 2.45) is 17.3 Å². The van der Waals surface area contributed by atoms with Crippen LogP contribution in [-0.4, -0.2) is 46.4 Å². The highest BCUT2D eigenvalue weighted by atomic mass is 19.1. The van der Waals surface area contributed by atoms with Crippen molar-refractivity contribution in [2.75, 3.05) is 6.54 Å². The topological polar surface area (TPSA) is 66.8 Å². The summed E-state index contributed by atoms with van der Waals surface area (Å²) in [5.74, 6) is -1.63. The molecule has 1 N–H and O–H groups in total. The molecule has 2 aliphatic rings. The minimum absolute atomic E-state index is 0.0154. The van der Waals surface area contributed by atoms with E-state index in [1.54, 1.807) is 20.8 Å². The molecule has 1 unspecified atom stereocenters. The number of amides is 1. The third kappa shape index (κ3) is 2.99. The number of carboxylic acids is 1. The number of hydrogen-bond donors (Lipinski definition) is 1. The summed E-state index contributed by atoms with van der Waals surface area (Å²) < 4.78 is 19.1. The van der Waals surface area contributed by atoms with Crippen LogP contribution in [0.25, 0.3) is 0 Å². The highest BCUT2D eigenvalue weighted by Gasteiger charge is 2.67. The molecule has 1 saturated heterocycles. The number of rotatable bonds is 2. The molecule has 1 amide bonds. The number of carbonyl (C=O) groups excluding carboxylic acids is 1. The van der Waals surface area contributed by atoms with Crippen LogP contribution in [0.4, 0.5) is 9.18 Å². The van der Waals surface area contributed by atoms with Gasteiger partial charge in [-0.05, 0) is 32.1 Å². The fraction of sp³-hybridized carbons (Fsp3) is 0.867. The number of carboxylic acid groups (broad SMARTS) is 1. The summed E-state index contributed by atoms with van der Waals surface area (Å²) >= 11 is 0. The van der Waals surface area contributed by atoms with Gasteiger partial charge in [-0.1, -0.05) is 13.8 Å². The lowest BCUT2D eigenvalue weighted by Crippen LogP contribution is -2.41. The summed E-state index contributed by atoms with van der Waals surface area (Å²) in [7, 11) is 0. The van der Waals surface area contributed by atoms with Gasteiger partial charge in [0.25, 0.3) is 0 Å². The summed E-state index contributed by atoms with van der Waals surface area (Å²) in [5, 5.41) is 9.27. The van der Waals surface area contributed by atoms with Crippen molar-refractivity contribution >= 4 is 12.1 Å². The number of alkyl halides is 1. The smallest absolute Gasteiger partial charge is 0.410 e. The molecule has 0 aromatic carbocycles. The molecule has 4 atom stereocenters. The molecule has 1 aliphatic heterocycles. The van der Waals surface area contributed by atoms with Crippen LogP contribution in [0, 0.1) is 17.3 Å². The van der Waals surface area contributed by atoms with Crippen molar-refractivity contribution in [3.8, 4) is 0 Å². The molecule has 2 fully saturated rings. The Morgan fingerprint density at radius 1 is 1.33 bits per heavy atom. The Kier molecular flexibility index (Phi) is 3.71. The molecule has 1 aliphatic carbocycles. The van der Waals surface area contributed by atoms with Gasteiger partial charge >= 0.3 is 12.1 Å². The maximum absolute atomic E-state index is 13.8. The monoisotopic (exact) mass is 301 g/mol. The number of aliphatic carboxylic acids is 1. The zero-order valence-electron chi connectivity index (χ0n) is 13.2. The fourth-order valence-corrected chi connectivity index (χ4v) is 3.55. The van der Waals surface area contributed by atoms with Crippen molar-refractivity contribution in [3.63, 3.8) is 0 Å². The van der Waals surface area contributed by atoms with Crippen LogP contribution in [0.15, 0.2) is 0 Å². The van der Waals surface area contributed by atoms with Gasteiger partial charge in [-0.3, -0.25) is 4.79 Å². The molecule has 0 radical (unpaired) electrons. The van der Waals surface area contributed by atoms with Gasteiger partial charge in [-0.2, -0.15) is 0 Å². The predicted octanol–water partition coefficient (Wildman–Crippen LogP) is 2.69. The molecule has 1 heterocycles. The van der Waals surface area contributed by atoms with Gasteiger partial charge < -0.3 is 14.7 Å². The Bertz CT molecular complexity index is 457. The van der Waals surface area contributed by atoms with E-state index in [1.807, 2.05) is 13.8 Å². The van der Waals surface area contributed by atoms with Crippen LogP contribution in [0.1, 0.15) is 41.0 Å². The minimum Gasteiger partial charge on any atom is -0.481 e. The van der Waals surface area contributed by atoms with Gasteiger partial charge in [0, 0.05) is 12.5 Å². The standard InChI is InChI=1S/C15H24FNO4/c1-14(2,3)21-13(20)17-7-8(16)6-9(17)10-11(12(18)19)15(10,4)5/h8-11H,6-7H2,1-5H3,(H,18,19)/t8-,9?,10-,11+/m1/s1. The van der Waals surface area contributed by atoms with Crippen molar-refractivity contribution < 1.29 is 23.8 Å². The number of hydrogen-bond acceptors (Lipinski definition) is 3. The molecule has 21 heavy (non-hydrogen) atoms. The van der Waals surface area contributed by atoms with Gasteiger partial charge in [0.05, 0.1) is 12.5 Å². The molecule has 0 aromatic rings. The van der Waals surface area contributed by atoms with Crippen LogP contribution in [0.5, 0.6) is 0 Å². The molecule has 5 nitrogen and oxygen atoms in total. The molecule has 0 aromatic heterocycles. The molecule has 120 valence electrons.